The predicted octanol–water partition coefficient (Wildman–Crippen LogP) is 5.68. The molecule has 7 nitrogen and oxygen atoms in total. The molecule has 1 amide bonds. The Morgan fingerprint density at radius 2 is 1.66 bits per heavy atom. The number of thiazole rings is 1. The number of amides is 1. The van der Waals surface area contributed by atoms with Gasteiger partial charge in [0.05, 0.1) is 15.1 Å². The molecule has 208 valence electrons. The average molecular weight is 579 g/mol. The number of hydrogen-bond donors (Lipinski definition) is 0. The summed E-state index contributed by atoms with van der Waals surface area (Å²) in [4.78, 5) is 22.8. The van der Waals surface area contributed by atoms with Crippen molar-refractivity contribution in [3.63, 3.8) is 0 Å². The van der Waals surface area contributed by atoms with Crippen molar-refractivity contribution in [2.45, 2.75) is 45.9 Å². The van der Waals surface area contributed by atoms with Crippen LogP contribution >= 0.6 is 23.7 Å². The fourth-order valence-corrected chi connectivity index (χ4v) is 7.88. The van der Waals surface area contributed by atoms with Crippen molar-refractivity contribution < 1.29 is 13.2 Å². The minimum Gasteiger partial charge on any atom is -0.302 e. The Morgan fingerprint density at radius 1 is 1.03 bits per heavy atom. The third-order valence-electron chi connectivity index (χ3n) is 7.19. The molecule has 0 spiro atoms. The van der Waals surface area contributed by atoms with Crippen molar-refractivity contribution >= 4 is 55.0 Å². The van der Waals surface area contributed by atoms with Gasteiger partial charge in [0.15, 0.2) is 5.13 Å². The van der Waals surface area contributed by atoms with Crippen molar-refractivity contribution in [3.8, 4) is 0 Å². The lowest BCUT2D eigenvalue weighted by Gasteiger charge is -2.34. The van der Waals surface area contributed by atoms with Crippen LogP contribution in [0.3, 0.4) is 0 Å². The van der Waals surface area contributed by atoms with Gasteiger partial charge in [-0.1, -0.05) is 51.2 Å². The number of aryl methyl sites for hydroxylation is 1. The molecule has 0 bridgehead atoms. The molecule has 0 saturated carbocycles. The Labute approximate surface area is 237 Å². The minimum absolute atomic E-state index is 0. The van der Waals surface area contributed by atoms with E-state index in [1.165, 1.54) is 11.3 Å². The van der Waals surface area contributed by atoms with Crippen molar-refractivity contribution in [1.82, 2.24) is 14.2 Å². The Morgan fingerprint density at radius 3 is 2.24 bits per heavy atom. The number of likely N-dealkylation sites (N-methyl/N-ethyl adjacent to an activating group) is 1. The lowest BCUT2D eigenvalue weighted by Crippen LogP contribution is -2.42. The van der Waals surface area contributed by atoms with Gasteiger partial charge in [0.25, 0.3) is 5.91 Å². The first-order chi connectivity index (χ1) is 17.6. The fraction of sp³-hybridized carbons (Fsp3) is 0.500. The second kappa shape index (κ2) is 12.9. The van der Waals surface area contributed by atoms with Gasteiger partial charge in [0.2, 0.25) is 10.0 Å². The number of hydrogen-bond acceptors (Lipinski definition) is 6. The minimum atomic E-state index is -3.60. The van der Waals surface area contributed by atoms with Crippen molar-refractivity contribution in [3.05, 3.63) is 53.6 Å². The second-order valence-electron chi connectivity index (χ2n) is 10.2. The van der Waals surface area contributed by atoms with Gasteiger partial charge in [-0.3, -0.25) is 9.69 Å². The first kappa shape index (κ1) is 30.5. The van der Waals surface area contributed by atoms with E-state index in [2.05, 4.69) is 32.6 Å². The highest BCUT2D eigenvalue weighted by molar-refractivity contribution is 7.89. The number of carbonyl (C=O) groups excluding carboxylic acids is 1. The topological polar surface area (TPSA) is 73.8 Å². The molecule has 10 heteroatoms. The number of piperidine rings is 1. The van der Waals surface area contributed by atoms with E-state index in [0.717, 1.165) is 41.8 Å². The molecule has 38 heavy (non-hydrogen) atoms. The Hall–Kier alpha value is -2.04. The van der Waals surface area contributed by atoms with E-state index in [-0.39, 0.29) is 23.2 Å². The molecule has 0 N–H and O–H groups in total. The average Bonchev–Trinajstić information content (AvgIpc) is 3.31. The van der Waals surface area contributed by atoms with Gasteiger partial charge in [-0.05, 0) is 74.2 Å². The number of aromatic nitrogens is 1. The molecule has 1 aliphatic heterocycles. The van der Waals surface area contributed by atoms with Gasteiger partial charge in [-0.25, -0.2) is 13.4 Å². The molecule has 4 rings (SSSR count). The normalized spacial score (nSPS) is 18.5. The van der Waals surface area contributed by atoms with E-state index in [9.17, 15) is 13.2 Å². The largest absolute Gasteiger partial charge is 0.302 e. The van der Waals surface area contributed by atoms with Crippen molar-refractivity contribution in [2.75, 3.05) is 44.2 Å². The number of carbonyl (C=O) groups is 1. The Bertz CT molecular complexity index is 1330. The Kier molecular flexibility index (Phi) is 10.3. The number of benzene rings is 2. The van der Waals surface area contributed by atoms with E-state index in [1.807, 2.05) is 25.1 Å². The third-order valence-corrected chi connectivity index (χ3v) is 10.1. The number of nitrogens with zero attached hydrogens (tertiary/aromatic N) is 4. The molecule has 2 aromatic carbocycles. The smallest absolute Gasteiger partial charge is 0.260 e. The van der Waals surface area contributed by atoms with Gasteiger partial charge in [-0.15, -0.1) is 12.4 Å². The number of anilines is 1. The summed E-state index contributed by atoms with van der Waals surface area (Å²) in [7, 11) is -3.60. The van der Waals surface area contributed by atoms with Crippen LogP contribution in [0.15, 0.2) is 47.4 Å². The molecule has 1 saturated heterocycles. The van der Waals surface area contributed by atoms with E-state index in [1.54, 1.807) is 33.5 Å². The quantitative estimate of drug-likeness (QED) is 0.326. The van der Waals surface area contributed by atoms with E-state index in [4.69, 9.17) is 4.98 Å². The standard InChI is InChI=1S/C28H38N4O3S2.ClH/c1-6-30(7-2)15-16-32(28-29-26-22(5)9-8-10-25(26)36-28)27(33)23-11-13-24(14-12-23)37(34,35)31-18-20(3)17-21(4)19-31;/h8-14,20-21H,6-7,15-19H2,1-5H3;1H. The van der Waals surface area contributed by atoms with Crippen LogP contribution < -0.4 is 4.90 Å². The third kappa shape index (κ3) is 6.57. The monoisotopic (exact) mass is 578 g/mol. The molecular formula is C28H39ClN4O3S2. The van der Waals surface area contributed by atoms with Crippen LogP contribution in [0.5, 0.6) is 0 Å². The molecule has 1 aromatic heterocycles. The summed E-state index contributed by atoms with van der Waals surface area (Å²) in [6, 6.07) is 12.5. The van der Waals surface area contributed by atoms with Crippen LogP contribution in [0.2, 0.25) is 0 Å². The summed E-state index contributed by atoms with van der Waals surface area (Å²) in [5.74, 6) is 0.486. The molecule has 2 unspecified atom stereocenters. The number of halogens is 1. The summed E-state index contributed by atoms with van der Waals surface area (Å²) >= 11 is 1.51. The van der Waals surface area contributed by atoms with E-state index in [0.29, 0.717) is 42.2 Å². The van der Waals surface area contributed by atoms with Gasteiger partial charge < -0.3 is 4.90 Å². The van der Waals surface area contributed by atoms with Crippen LogP contribution in [0, 0.1) is 18.8 Å². The van der Waals surface area contributed by atoms with Gasteiger partial charge in [0, 0.05) is 31.7 Å². The van der Waals surface area contributed by atoms with Crippen LogP contribution in [-0.2, 0) is 10.0 Å². The molecule has 3 aromatic rings. The highest BCUT2D eigenvalue weighted by Crippen LogP contribution is 2.32. The SMILES string of the molecule is CCN(CC)CCN(C(=O)c1ccc(S(=O)(=O)N2CC(C)CC(C)C2)cc1)c1nc2c(C)cccc2s1.Cl. The fourth-order valence-electron chi connectivity index (χ4n) is 5.13. The number of fused-ring (bicyclic) bond motifs is 1. The maximum atomic E-state index is 13.8. The van der Waals surface area contributed by atoms with E-state index < -0.39 is 10.0 Å². The summed E-state index contributed by atoms with van der Waals surface area (Å²) in [5.41, 5.74) is 2.44. The highest BCUT2D eigenvalue weighted by atomic mass is 35.5. The van der Waals surface area contributed by atoms with Crippen LogP contribution in [-0.4, -0.2) is 67.8 Å². The zero-order chi connectivity index (χ0) is 26.7. The summed E-state index contributed by atoms with van der Waals surface area (Å²) < 4.78 is 29.2. The summed E-state index contributed by atoms with van der Waals surface area (Å²) in [5, 5.41) is 0.662. The maximum Gasteiger partial charge on any atom is 0.260 e. The number of sulfonamides is 1. The lowest BCUT2D eigenvalue weighted by atomic mass is 9.94. The van der Waals surface area contributed by atoms with Gasteiger partial charge in [-0.2, -0.15) is 4.31 Å². The van der Waals surface area contributed by atoms with Crippen LogP contribution in [0.1, 0.15) is 50.0 Å². The zero-order valence-electron chi connectivity index (χ0n) is 22.9. The van der Waals surface area contributed by atoms with Gasteiger partial charge >= 0.3 is 0 Å². The van der Waals surface area contributed by atoms with Gasteiger partial charge in [0.1, 0.15) is 0 Å². The maximum absolute atomic E-state index is 13.8. The summed E-state index contributed by atoms with van der Waals surface area (Å²) in [6.07, 6.45) is 1.04. The predicted molar refractivity (Wildman–Crippen MR) is 159 cm³/mol. The number of para-hydroxylation sites is 1. The van der Waals surface area contributed by atoms with E-state index >= 15 is 0 Å². The van der Waals surface area contributed by atoms with Crippen LogP contribution in [0.4, 0.5) is 5.13 Å². The molecule has 0 radical (unpaired) electrons. The first-order valence-electron chi connectivity index (χ1n) is 13.1. The molecule has 1 aliphatic rings. The first-order valence-corrected chi connectivity index (χ1v) is 15.4. The molecule has 1 fully saturated rings. The molecule has 2 atom stereocenters. The summed E-state index contributed by atoms with van der Waals surface area (Å²) in [6.45, 7) is 14.5. The van der Waals surface area contributed by atoms with Crippen molar-refractivity contribution in [2.24, 2.45) is 11.8 Å². The number of rotatable bonds is 9. The molecular weight excluding hydrogens is 540 g/mol. The van der Waals surface area contributed by atoms with Crippen LogP contribution in [0.25, 0.3) is 10.2 Å². The lowest BCUT2D eigenvalue weighted by molar-refractivity contribution is 0.0983. The second-order valence-corrected chi connectivity index (χ2v) is 13.1. The Balaban J connectivity index is 0.00000400. The molecule has 0 aliphatic carbocycles. The molecule has 2 heterocycles. The highest BCUT2D eigenvalue weighted by Gasteiger charge is 2.32. The zero-order valence-corrected chi connectivity index (χ0v) is 25.3. The van der Waals surface area contributed by atoms with Crippen molar-refractivity contribution in [1.29, 1.82) is 0 Å².